The first-order chi connectivity index (χ1) is 15.7. The highest BCUT2D eigenvalue weighted by molar-refractivity contribution is 7.89. The molecule has 1 aliphatic heterocycles. The van der Waals surface area contributed by atoms with Crippen molar-refractivity contribution in [2.24, 2.45) is 11.8 Å². The number of carbonyl (C=O) groups excluding carboxylic acids is 1. The van der Waals surface area contributed by atoms with Crippen LogP contribution in [0.5, 0.6) is 5.75 Å². The SMILES string of the molecule is CCCNC(=O)N(C)C[C@H]1Oc2cc(C#CC3CC3)ccc2S(=O)(=O)N([C@@H](C)CO)C[C@H]1C. The fraction of sp³-hybridized carbons (Fsp3) is 0.625. The second-order valence-electron chi connectivity index (χ2n) is 9.06. The summed E-state index contributed by atoms with van der Waals surface area (Å²) in [4.78, 5) is 14.0. The molecule has 1 aromatic carbocycles. The molecule has 0 aromatic heterocycles. The van der Waals surface area contributed by atoms with Crippen molar-refractivity contribution < 1.29 is 23.1 Å². The van der Waals surface area contributed by atoms with Gasteiger partial charge in [-0.3, -0.25) is 0 Å². The largest absolute Gasteiger partial charge is 0.487 e. The third-order valence-electron chi connectivity index (χ3n) is 5.99. The summed E-state index contributed by atoms with van der Waals surface area (Å²) >= 11 is 0. The molecule has 2 aliphatic rings. The summed E-state index contributed by atoms with van der Waals surface area (Å²) in [6, 6.07) is 4.10. The Hall–Kier alpha value is -2.28. The molecule has 0 saturated heterocycles. The van der Waals surface area contributed by atoms with Gasteiger partial charge in [-0.25, -0.2) is 13.2 Å². The maximum atomic E-state index is 13.5. The van der Waals surface area contributed by atoms with Gasteiger partial charge in [0.05, 0.1) is 13.2 Å². The maximum absolute atomic E-state index is 13.5. The van der Waals surface area contributed by atoms with Gasteiger partial charge in [0.2, 0.25) is 10.0 Å². The molecule has 3 atom stereocenters. The molecule has 1 saturated carbocycles. The lowest BCUT2D eigenvalue weighted by molar-refractivity contribution is 0.0812. The highest BCUT2D eigenvalue weighted by Crippen LogP contribution is 2.34. The summed E-state index contributed by atoms with van der Waals surface area (Å²) in [5.41, 5.74) is 0.693. The second-order valence-corrected chi connectivity index (χ2v) is 10.9. The number of aliphatic hydroxyl groups is 1. The summed E-state index contributed by atoms with van der Waals surface area (Å²) in [7, 11) is -2.20. The normalized spacial score (nSPS) is 23.1. The molecule has 1 heterocycles. The Labute approximate surface area is 197 Å². The third kappa shape index (κ3) is 6.19. The minimum Gasteiger partial charge on any atom is -0.487 e. The lowest BCUT2D eigenvalue weighted by Crippen LogP contribution is -2.51. The summed E-state index contributed by atoms with van der Waals surface area (Å²) in [5.74, 6) is 6.73. The zero-order valence-corrected chi connectivity index (χ0v) is 20.7. The molecule has 182 valence electrons. The Bertz CT molecular complexity index is 1010. The Kier molecular flexibility index (Phi) is 8.27. The molecule has 0 spiro atoms. The van der Waals surface area contributed by atoms with Crippen LogP contribution in [-0.2, 0) is 10.0 Å². The first-order valence-electron chi connectivity index (χ1n) is 11.6. The fourth-order valence-corrected chi connectivity index (χ4v) is 5.48. The number of sulfonamides is 1. The van der Waals surface area contributed by atoms with E-state index < -0.39 is 22.2 Å². The van der Waals surface area contributed by atoms with Crippen molar-refractivity contribution in [3.63, 3.8) is 0 Å². The molecule has 0 unspecified atom stereocenters. The molecule has 8 nitrogen and oxygen atoms in total. The van der Waals surface area contributed by atoms with E-state index >= 15 is 0 Å². The molecule has 33 heavy (non-hydrogen) atoms. The molecule has 3 rings (SSSR count). The van der Waals surface area contributed by atoms with E-state index in [2.05, 4.69) is 17.2 Å². The molecule has 0 bridgehead atoms. The molecular weight excluding hydrogens is 442 g/mol. The van der Waals surface area contributed by atoms with Crippen molar-refractivity contribution in [1.29, 1.82) is 0 Å². The second kappa shape index (κ2) is 10.8. The Morgan fingerprint density at radius 3 is 2.76 bits per heavy atom. The lowest BCUT2D eigenvalue weighted by Gasteiger charge is -2.37. The number of nitrogens with zero attached hydrogens (tertiary/aromatic N) is 2. The number of benzene rings is 1. The minimum atomic E-state index is -3.90. The lowest BCUT2D eigenvalue weighted by atomic mass is 10.0. The number of amides is 2. The number of ether oxygens (including phenoxy) is 1. The summed E-state index contributed by atoms with van der Waals surface area (Å²) in [6.07, 6.45) is 2.59. The molecule has 1 fully saturated rings. The van der Waals surface area contributed by atoms with Crippen molar-refractivity contribution >= 4 is 16.1 Å². The number of aliphatic hydroxyl groups excluding tert-OH is 1. The van der Waals surface area contributed by atoms with Crippen molar-refractivity contribution in [3.8, 4) is 17.6 Å². The first-order valence-corrected chi connectivity index (χ1v) is 13.0. The predicted molar refractivity (Wildman–Crippen MR) is 126 cm³/mol. The van der Waals surface area contributed by atoms with E-state index in [-0.39, 0.29) is 42.3 Å². The van der Waals surface area contributed by atoms with Gasteiger partial charge in [0, 0.05) is 43.6 Å². The summed E-state index contributed by atoms with van der Waals surface area (Å²) < 4.78 is 34.6. The van der Waals surface area contributed by atoms with E-state index in [0.717, 1.165) is 19.3 Å². The average molecular weight is 478 g/mol. The first kappa shape index (κ1) is 25.3. The summed E-state index contributed by atoms with van der Waals surface area (Å²) in [6.45, 7) is 6.31. The summed E-state index contributed by atoms with van der Waals surface area (Å²) in [5, 5.41) is 12.6. The van der Waals surface area contributed by atoms with Crippen LogP contribution in [0.4, 0.5) is 4.79 Å². The van der Waals surface area contributed by atoms with Crippen molar-refractivity contribution in [1.82, 2.24) is 14.5 Å². The minimum absolute atomic E-state index is 0.0507. The number of nitrogens with one attached hydrogen (secondary N) is 1. The van der Waals surface area contributed by atoms with Crippen LogP contribution in [0, 0.1) is 23.7 Å². The molecule has 1 aliphatic carbocycles. The van der Waals surface area contributed by atoms with Crippen LogP contribution in [-0.4, -0.2) is 74.2 Å². The highest BCUT2D eigenvalue weighted by Gasteiger charge is 2.38. The van der Waals surface area contributed by atoms with Crippen molar-refractivity contribution in [2.45, 2.75) is 57.1 Å². The zero-order valence-electron chi connectivity index (χ0n) is 19.9. The van der Waals surface area contributed by atoms with E-state index in [4.69, 9.17) is 4.74 Å². The van der Waals surface area contributed by atoms with Crippen LogP contribution < -0.4 is 10.1 Å². The average Bonchev–Trinajstić information content (AvgIpc) is 3.62. The van der Waals surface area contributed by atoms with Crippen LogP contribution in [0.15, 0.2) is 23.1 Å². The number of urea groups is 1. The van der Waals surface area contributed by atoms with Gasteiger partial charge in [-0.1, -0.05) is 25.7 Å². The predicted octanol–water partition coefficient (Wildman–Crippen LogP) is 2.27. The number of likely N-dealkylation sites (N-methyl/N-ethyl adjacent to an activating group) is 1. The van der Waals surface area contributed by atoms with E-state index in [9.17, 15) is 18.3 Å². The van der Waals surface area contributed by atoms with Crippen LogP contribution in [0.1, 0.15) is 45.6 Å². The number of hydrogen-bond acceptors (Lipinski definition) is 5. The maximum Gasteiger partial charge on any atom is 0.317 e. The van der Waals surface area contributed by atoms with E-state index in [1.165, 1.54) is 10.4 Å². The van der Waals surface area contributed by atoms with Crippen LogP contribution in [0.3, 0.4) is 0 Å². The standard InChI is InChI=1S/C24H35N3O5S/c1-5-12-25-24(29)26(4)15-22-17(2)14-27(18(3)16-28)33(30,31)23-11-10-20(13-21(23)32-22)9-8-19-6-7-19/h10-11,13,17-19,22,28H,5-7,12,14-16H2,1-4H3,(H,25,29)/t17-,18+,22-/m1/s1. The van der Waals surface area contributed by atoms with Gasteiger partial charge >= 0.3 is 6.03 Å². The Morgan fingerprint density at radius 1 is 1.39 bits per heavy atom. The molecule has 0 radical (unpaired) electrons. The monoisotopic (exact) mass is 477 g/mol. The van der Waals surface area contributed by atoms with E-state index in [0.29, 0.717) is 18.0 Å². The number of fused-ring (bicyclic) bond motifs is 1. The molecule has 9 heteroatoms. The van der Waals surface area contributed by atoms with E-state index in [1.54, 1.807) is 31.0 Å². The molecule has 2 N–H and O–H groups in total. The smallest absolute Gasteiger partial charge is 0.317 e. The van der Waals surface area contributed by atoms with Crippen molar-refractivity contribution in [3.05, 3.63) is 23.8 Å². The van der Waals surface area contributed by atoms with Gasteiger partial charge in [0.15, 0.2) is 0 Å². The number of hydrogen-bond donors (Lipinski definition) is 2. The van der Waals surface area contributed by atoms with Crippen LogP contribution >= 0.6 is 0 Å². The molecule has 2 amide bonds. The van der Waals surface area contributed by atoms with E-state index in [1.807, 2.05) is 13.8 Å². The number of rotatable bonds is 6. The topological polar surface area (TPSA) is 99.2 Å². The molecular formula is C24H35N3O5S. The van der Waals surface area contributed by atoms with Gasteiger partial charge in [-0.05, 0) is 44.4 Å². The number of carbonyl (C=O) groups is 1. The molecule has 1 aromatic rings. The Balaban J connectivity index is 1.97. The van der Waals surface area contributed by atoms with Gasteiger partial charge in [0.1, 0.15) is 16.7 Å². The van der Waals surface area contributed by atoms with Gasteiger partial charge in [-0.15, -0.1) is 0 Å². The third-order valence-corrected chi connectivity index (χ3v) is 8.01. The zero-order chi connectivity index (χ0) is 24.2. The van der Waals surface area contributed by atoms with Crippen LogP contribution in [0.25, 0.3) is 0 Å². The van der Waals surface area contributed by atoms with Crippen molar-refractivity contribution in [2.75, 3.05) is 33.3 Å². The van der Waals surface area contributed by atoms with Gasteiger partial charge in [0.25, 0.3) is 0 Å². The van der Waals surface area contributed by atoms with Crippen LogP contribution in [0.2, 0.25) is 0 Å². The fourth-order valence-electron chi connectivity index (χ4n) is 3.65. The highest BCUT2D eigenvalue weighted by atomic mass is 32.2. The Morgan fingerprint density at radius 2 is 2.12 bits per heavy atom. The van der Waals surface area contributed by atoms with Gasteiger partial charge < -0.3 is 20.1 Å². The van der Waals surface area contributed by atoms with Gasteiger partial charge in [-0.2, -0.15) is 4.31 Å². The quantitative estimate of drug-likeness (QED) is 0.613.